The third kappa shape index (κ3) is 4.06. The van der Waals surface area contributed by atoms with Gasteiger partial charge in [-0.15, -0.1) is 0 Å². The van der Waals surface area contributed by atoms with Crippen molar-refractivity contribution in [3.63, 3.8) is 0 Å². The van der Waals surface area contributed by atoms with Gasteiger partial charge in [0, 0.05) is 31.3 Å². The number of rotatable bonds is 6. The molecule has 3 rings (SSSR count). The molecule has 0 aliphatic rings. The Labute approximate surface area is 153 Å². The van der Waals surface area contributed by atoms with E-state index in [2.05, 4.69) is 9.97 Å². The van der Waals surface area contributed by atoms with Gasteiger partial charge in [-0.25, -0.2) is 9.78 Å². The largest absolute Gasteiger partial charge is 0.462 e. The molecule has 0 unspecified atom stereocenters. The van der Waals surface area contributed by atoms with Gasteiger partial charge in [0.05, 0.1) is 6.61 Å². The first kappa shape index (κ1) is 17.6. The predicted octanol–water partition coefficient (Wildman–Crippen LogP) is 3.74. The molecule has 2 heterocycles. The van der Waals surface area contributed by atoms with E-state index < -0.39 is 5.97 Å². The van der Waals surface area contributed by atoms with E-state index in [1.54, 1.807) is 31.6 Å². The van der Waals surface area contributed by atoms with Crippen LogP contribution in [0.25, 0.3) is 11.6 Å². The number of aromatic nitrogens is 3. The summed E-state index contributed by atoms with van der Waals surface area (Å²) < 4.78 is 7.21. The maximum atomic E-state index is 12.6. The van der Waals surface area contributed by atoms with E-state index in [1.807, 2.05) is 54.1 Å². The number of carbonyl (C=O) groups is 1. The molecule has 0 fully saturated rings. The lowest BCUT2D eigenvalue weighted by Crippen LogP contribution is -2.12. The Balaban J connectivity index is 2.02. The molecule has 0 spiro atoms. The second kappa shape index (κ2) is 8.25. The molecule has 26 heavy (non-hydrogen) atoms. The molecule has 132 valence electrons. The van der Waals surface area contributed by atoms with Crippen LogP contribution < -0.4 is 0 Å². The van der Waals surface area contributed by atoms with Gasteiger partial charge in [-0.05, 0) is 42.7 Å². The summed E-state index contributed by atoms with van der Waals surface area (Å²) in [6.45, 7) is 4.70. The third-order valence-corrected chi connectivity index (χ3v) is 4.03. The van der Waals surface area contributed by atoms with Crippen LogP contribution in [-0.4, -0.2) is 27.1 Å². The fourth-order valence-corrected chi connectivity index (χ4v) is 2.67. The molecular weight excluding hydrogens is 326 g/mol. The Morgan fingerprint density at radius 1 is 1.19 bits per heavy atom. The zero-order valence-corrected chi connectivity index (χ0v) is 14.9. The zero-order valence-electron chi connectivity index (χ0n) is 14.9. The number of esters is 1. The highest BCUT2D eigenvalue weighted by molar-refractivity contribution is 6.20. The minimum absolute atomic E-state index is 0.307. The number of benzene rings is 1. The molecule has 0 atom stereocenters. The minimum Gasteiger partial charge on any atom is -0.462 e. The Morgan fingerprint density at radius 3 is 2.73 bits per heavy atom. The lowest BCUT2D eigenvalue weighted by atomic mass is 10.1. The van der Waals surface area contributed by atoms with Crippen molar-refractivity contribution in [1.29, 1.82) is 0 Å². The number of imidazole rings is 1. The second-order valence-corrected chi connectivity index (χ2v) is 5.88. The van der Waals surface area contributed by atoms with Crippen molar-refractivity contribution in [2.45, 2.75) is 20.4 Å². The van der Waals surface area contributed by atoms with E-state index in [9.17, 15) is 4.79 Å². The average molecular weight is 347 g/mol. The van der Waals surface area contributed by atoms with Gasteiger partial charge in [-0.2, -0.15) is 0 Å². The highest BCUT2D eigenvalue weighted by Crippen LogP contribution is 2.21. The quantitative estimate of drug-likeness (QED) is 0.503. The Morgan fingerprint density at radius 2 is 2.00 bits per heavy atom. The molecule has 5 heteroatoms. The van der Waals surface area contributed by atoms with Crippen molar-refractivity contribution in [2.75, 3.05) is 6.61 Å². The summed E-state index contributed by atoms with van der Waals surface area (Å²) in [5.74, 6) is 0.187. The average Bonchev–Trinajstić information content (AvgIpc) is 3.10. The highest BCUT2D eigenvalue weighted by atomic mass is 16.5. The number of nitrogens with zero attached hydrogens (tertiary/aromatic N) is 3. The summed E-state index contributed by atoms with van der Waals surface area (Å²) in [7, 11) is 0. The normalized spacial score (nSPS) is 11.4. The molecule has 0 saturated carbocycles. The molecule has 1 aromatic carbocycles. The summed E-state index contributed by atoms with van der Waals surface area (Å²) >= 11 is 0. The molecule has 0 amide bonds. The van der Waals surface area contributed by atoms with E-state index in [1.165, 1.54) is 0 Å². The Bertz CT molecular complexity index is 914. The number of hydrogen-bond donors (Lipinski definition) is 0. The molecule has 0 N–H and O–H groups in total. The Hall–Kier alpha value is -3.21. The third-order valence-electron chi connectivity index (χ3n) is 4.03. The van der Waals surface area contributed by atoms with Gasteiger partial charge in [-0.3, -0.25) is 4.98 Å². The fraction of sp³-hybridized carbons (Fsp3) is 0.190. The van der Waals surface area contributed by atoms with E-state index >= 15 is 0 Å². The van der Waals surface area contributed by atoms with Crippen LogP contribution in [0.2, 0.25) is 0 Å². The molecule has 0 saturated heterocycles. The Kier molecular flexibility index (Phi) is 5.59. The first-order valence-corrected chi connectivity index (χ1v) is 8.54. The lowest BCUT2D eigenvalue weighted by molar-refractivity contribution is -0.136. The van der Waals surface area contributed by atoms with Crippen molar-refractivity contribution in [1.82, 2.24) is 14.5 Å². The van der Waals surface area contributed by atoms with Gasteiger partial charge in [-0.1, -0.05) is 30.3 Å². The number of ether oxygens (including phenoxy) is 1. The van der Waals surface area contributed by atoms with Crippen molar-refractivity contribution in [3.05, 3.63) is 83.7 Å². The standard InChI is InChI=1S/C21H21N3O2/c1-3-26-21(25)19(13-18-14-22-10-9-16(18)2)20-23-11-12-24(20)15-17-7-5-4-6-8-17/h4-14H,3,15H2,1-2H3. The summed E-state index contributed by atoms with van der Waals surface area (Å²) in [6.07, 6.45) is 8.82. The summed E-state index contributed by atoms with van der Waals surface area (Å²) in [5, 5.41) is 0. The SMILES string of the molecule is CCOC(=O)C(=Cc1cnccc1C)c1nccn1Cc1ccccc1. The van der Waals surface area contributed by atoms with Gasteiger partial charge in [0.15, 0.2) is 0 Å². The number of pyridine rings is 1. The number of carbonyl (C=O) groups excluding carboxylic acids is 1. The van der Waals surface area contributed by atoms with E-state index in [4.69, 9.17) is 4.74 Å². The van der Waals surface area contributed by atoms with Crippen LogP contribution in [0.5, 0.6) is 0 Å². The van der Waals surface area contributed by atoms with Crippen LogP contribution in [0.3, 0.4) is 0 Å². The predicted molar refractivity (Wildman–Crippen MR) is 101 cm³/mol. The first-order chi connectivity index (χ1) is 12.7. The highest BCUT2D eigenvalue weighted by Gasteiger charge is 2.19. The lowest BCUT2D eigenvalue weighted by Gasteiger charge is -2.11. The summed E-state index contributed by atoms with van der Waals surface area (Å²) in [5.41, 5.74) is 3.45. The summed E-state index contributed by atoms with van der Waals surface area (Å²) in [4.78, 5) is 21.2. The smallest absolute Gasteiger partial charge is 0.341 e. The van der Waals surface area contributed by atoms with Crippen molar-refractivity contribution in [3.8, 4) is 0 Å². The molecule has 3 aromatic rings. The van der Waals surface area contributed by atoms with Crippen LogP contribution in [0.4, 0.5) is 0 Å². The van der Waals surface area contributed by atoms with Gasteiger partial charge >= 0.3 is 5.97 Å². The van der Waals surface area contributed by atoms with Crippen LogP contribution >= 0.6 is 0 Å². The van der Waals surface area contributed by atoms with Crippen molar-refractivity contribution < 1.29 is 9.53 Å². The van der Waals surface area contributed by atoms with E-state index in [-0.39, 0.29) is 0 Å². The topological polar surface area (TPSA) is 57.0 Å². The molecule has 0 aliphatic heterocycles. The minimum atomic E-state index is -0.392. The molecule has 0 radical (unpaired) electrons. The van der Waals surface area contributed by atoms with Crippen LogP contribution in [0.15, 0.2) is 61.2 Å². The molecular formula is C21H21N3O2. The molecule has 5 nitrogen and oxygen atoms in total. The van der Waals surface area contributed by atoms with Crippen LogP contribution in [0, 0.1) is 6.92 Å². The second-order valence-electron chi connectivity index (χ2n) is 5.88. The molecule has 0 bridgehead atoms. The monoisotopic (exact) mass is 347 g/mol. The van der Waals surface area contributed by atoms with E-state index in [0.717, 1.165) is 16.7 Å². The molecule has 0 aliphatic carbocycles. The number of aryl methyl sites for hydroxylation is 1. The first-order valence-electron chi connectivity index (χ1n) is 8.54. The fourth-order valence-electron chi connectivity index (χ4n) is 2.67. The zero-order chi connectivity index (χ0) is 18.4. The van der Waals surface area contributed by atoms with Gasteiger partial charge < -0.3 is 9.30 Å². The van der Waals surface area contributed by atoms with Gasteiger partial charge in [0.2, 0.25) is 0 Å². The number of hydrogen-bond acceptors (Lipinski definition) is 4. The van der Waals surface area contributed by atoms with Crippen molar-refractivity contribution >= 4 is 17.6 Å². The maximum Gasteiger partial charge on any atom is 0.341 e. The van der Waals surface area contributed by atoms with Gasteiger partial charge in [0.25, 0.3) is 0 Å². The van der Waals surface area contributed by atoms with Gasteiger partial charge in [0.1, 0.15) is 11.4 Å². The van der Waals surface area contributed by atoms with Crippen LogP contribution in [-0.2, 0) is 16.1 Å². The van der Waals surface area contributed by atoms with Crippen molar-refractivity contribution in [2.24, 2.45) is 0 Å². The maximum absolute atomic E-state index is 12.6. The van der Waals surface area contributed by atoms with Crippen LogP contribution in [0.1, 0.15) is 29.4 Å². The summed E-state index contributed by atoms with van der Waals surface area (Å²) in [6, 6.07) is 12.0. The molecule has 2 aromatic heterocycles. The van der Waals surface area contributed by atoms with E-state index in [0.29, 0.717) is 24.5 Å².